The van der Waals surface area contributed by atoms with E-state index in [0.717, 1.165) is 19.0 Å². The predicted molar refractivity (Wildman–Crippen MR) is 60.8 cm³/mol. The van der Waals surface area contributed by atoms with Gasteiger partial charge in [0.25, 0.3) is 0 Å². The van der Waals surface area contributed by atoms with Gasteiger partial charge in [-0.05, 0) is 26.0 Å². The maximum Gasteiger partial charge on any atom is 0.191 e. The molecule has 0 fully saturated rings. The van der Waals surface area contributed by atoms with E-state index in [-0.39, 0.29) is 0 Å². The van der Waals surface area contributed by atoms with Crippen molar-refractivity contribution in [3.63, 3.8) is 0 Å². The fraction of sp³-hybridized carbons (Fsp3) is 0.500. The number of rotatable bonds is 2. The van der Waals surface area contributed by atoms with Crippen molar-refractivity contribution in [1.29, 1.82) is 0 Å². The molecule has 0 radical (unpaired) electrons. The van der Waals surface area contributed by atoms with Gasteiger partial charge < -0.3 is 10.6 Å². The third-order valence-corrected chi connectivity index (χ3v) is 3.13. The first kappa shape index (κ1) is 9.52. The Labute approximate surface area is 88.3 Å². The van der Waals surface area contributed by atoms with Crippen LogP contribution in [-0.4, -0.2) is 18.5 Å². The second-order valence-corrected chi connectivity index (χ2v) is 4.97. The Morgan fingerprint density at radius 2 is 2.50 bits per heavy atom. The summed E-state index contributed by atoms with van der Waals surface area (Å²) in [6.07, 6.45) is 0. The first-order valence-electron chi connectivity index (χ1n) is 4.84. The summed E-state index contributed by atoms with van der Waals surface area (Å²) < 4.78 is 0. The maximum absolute atomic E-state index is 4.34. The molecule has 14 heavy (non-hydrogen) atoms. The largest absolute Gasteiger partial charge is 0.352 e. The summed E-state index contributed by atoms with van der Waals surface area (Å²) in [5, 5.41) is 6.57. The fourth-order valence-corrected chi connectivity index (χ4v) is 2.24. The number of nitrogens with zero attached hydrogens (tertiary/aromatic N) is 1. The Morgan fingerprint density at radius 1 is 1.64 bits per heavy atom. The molecule has 1 aliphatic heterocycles. The summed E-state index contributed by atoms with van der Waals surface area (Å²) in [6.45, 7) is 6.01. The number of thiophene rings is 1. The van der Waals surface area contributed by atoms with Gasteiger partial charge in [-0.1, -0.05) is 0 Å². The van der Waals surface area contributed by atoms with Crippen LogP contribution in [0.5, 0.6) is 0 Å². The van der Waals surface area contributed by atoms with E-state index in [4.69, 9.17) is 0 Å². The van der Waals surface area contributed by atoms with E-state index in [1.807, 2.05) is 11.3 Å². The third-order valence-electron chi connectivity index (χ3n) is 2.13. The molecule has 1 aromatic rings. The Morgan fingerprint density at radius 3 is 3.07 bits per heavy atom. The SMILES string of the molecule is Cc1ccc(CNC2=NCC(C)N2)s1. The smallest absolute Gasteiger partial charge is 0.191 e. The minimum atomic E-state index is 0.475. The second-order valence-electron chi connectivity index (χ2n) is 3.60. The van der Waals surface area contributed by atoms with Crippen molar-refractivity contribution in [1.82, 2.24) is 10.6 Å². The number of aryl methyl sites for hydroxylation is 1. The molecule has 0 aliphatic carbocycles. The molecule has 0 saturated heterocycles. The average molecular weight is 209 g/mol. The zero-order valence-electron chi connectivity index (χ0n) is 8.50. The van der Waals surface area contributed by atoms with E-state index < -0.39 is 0 Å². The Kier molecular flexibility index (Phi) is 2.72. The number of aliphatic imine (C=N–C) groups is 1. The van der Waals surface area contributed by atoms with Gasteiger partial charge >= 0.3 is 0 Å². The van der Waals surface area contributed by atoms with Crippen molar-refractivity contribution >= 4 is 17.3 Å². The molecule has 2 heterocycles. The molecule has 1 aromatic heterocycles. The van der Waals surface area contributed by atoms with Gasteiger partial charge in [0.2, 0.25) is 0 Å². The molecule has 0 spiro atoms. The first-order chi connectivity index (χ1) is 6.74. The van der Waals surface area contributed by atoms with E-state index in [9.17, 15) is 0 Å². The number of guanidine groups is 1. The zero-order valence-corrected chi connectivity index (χ0v) is 9.32. The Balaban J connectivity index is 1.83. The molecular formula is C10H15N3S. The second kappa shape index (κ2) is 4.00. The highest BCUT2D eigenvalue weighted by Gasteiger charge is 2.11. The van der Waals surface area contributed by atoms with Crippen molar-refractivity contribution < 1.29 is 0 Å². The van der Waals surface area contributed by atoms with E-state index in [1.165, 1.54) is 9.75 Å². The van der Waals surface area contributed by atoms with Crippen molar-refractivity contribution in [3.8, 4) is 0 Å². The van der Waals surface area contributed by atoms with Crippen LogP contribution in [0.25, 0.3) is 0 Å². The molecule has 76 valence electrons. The molecule has 0 aromatic carbocycles. The van der Waals surface area contributed by atoms with E-state index in [0.29, 0.717) is 6.04 Å². The highest BCUT2D eigenvalue weighted by molar-refractivity contribution is 7.11. The van der Waals surface area contributed by atoms with Crippen molar-refractivity contribution in [2.24, 2.45) is 4.99 Å². The predicted octanol–water partition coefficient (Wildman–Crippen LogP) is 1.49. The first-order valence-corrected chi connectivity index (χ1v) is 5.66. The van der Waals surface area contributed by atoms with E-state index in [1.54, 1.807) is 0 Å². The molecular weight excluding hydrogens is 194 g/mol. The van der Waals surface area contributed by atoms with Crippen LogP contribution in [0, 0.1) is 6.92 Å². The molecule has 0 saturated carbocycles. The topological polar surface area (TPSA) is 36.4 Å². The van der Waals surface area contributed by atoms with Gasteiger partial charge in [-0.25, -0.2) is 0 Å². The summed E-state index contributed by atoms with van der Waals surface area (Å²) in [5.41, 5.74) is 0. The lowest BCUT2D eigenvalue weighted by Gasteiger charge is -2.07. The van der Waals surface area contributed by atoms with Crippen LogP contribution < -0.4 is 10.6 Å². The van der Waals surface area contributed by atoms with Gasteiger partial charge in [0, 0.05) is 15.8 Å². The summed E-state index contributed by atoms with van der Waals surface area (Å²) in [6, 6.07) is 4.78. The Hall–Kier alpha value is -1.03. The lowest BCUT2D eigenvalue weighted by atomic mass is 10.4. The van der Waals surface area contributed by atoms with Crippen LogP contribution in [0.1, 0.15) is 16.7 Å². The molecule has 0 bridgehead atoms. The van der Waals surface area contributed by atoms with Crippen molar-refractivity contribution in [2.75, 3.05) is 6.54 Å². The lowest BCUT2D eigenvalue weighted by molar-refractivity contribution is 0.714. The summed E-state index contributed by atoms with van der Waals surface area (Å²) >= 11 is 1.83. The van der Waals surface area contributed by atoms with E-state index >= 15 is 0 Å². The zero-order chi connectivity index (χ0) is 9.97. The third kappa shape index (κ3) is 2.26. The highest BCUT2D eigenvalue weighted by Crippen LogP contribution is 2.14. The van der Waals surface area contributed by atoms with Crippen LogP contribution in [-0.2, 0) is 6.54 Å². The van der Waals surface area contributed by atoms with Crippen LogP contribution in [0.3, 0.4) is 0 Å². The van der Waals surface area contributed by atoms with Crippen LogP contribution >= 0.6 is 11.3 Å². The van der Waals surface area contributed by atoms with Gasteiger partial charge in [0.15, 0.2) is 5.96 Å². The standard InChI is InChI=1S/C10H15N3S/c1-7-5-11-10(13-7)12-6-9-4-3-8(2)14-9/h3-4,7H,5-6H2,1-2H3,(H2,11,12,13). The molecule has 2 N–H and O–H groups in total. The minimum Gasteiger partial charge on any atom is -0.352 e. The van der Waals surface area contributed by atoms with Crippen LogP contribution in [0.4, 0.5) is 0 Å². The van der Waals surface area contributed by atoms with Crippen molar-refractivity contribution in [3.05, 3.63) is 21.9 Å². The van der Waals surface area contributed by atoms with Gasteiger partial charge in [0.1, 0.15) is 0 Å². The van der Waals surface area contributed by atoms with Gasteiger partial charge in [-0.2, -0.15) is 0 Å². The van der Waals surface area contributed by atoms with Crippen molar-refractivity contribution in [2.45, 2.75) is 26.4 Å². The summed E-state index contributed by atoms with van der Waals surface area (Å²) in [7, 11) is 0. The molecule has 4 heteroatoms. The normalized spacial score (nSPS) is 20.4. The summed E-state index contributed by atoms with van der Waals surface area (Å²) in [4.78, 5) is 7.05. The fourth-order valence-electron chi connectivity index (χ4n) is 1.41. The quantitative estimate of drug-likeness (QED) is 0.774. The van der Waals surface area contributed by atoms with Gasteiger partial charge in [-0.15, -0.1) is 11.3 Å². The monoisotopic (exact) mass is 209 g/mol. The number of hydrogen-bond donors (Lipinski definition) is 2. The van der Waals surface area contributed by atoms with Gasteiger partial charge in [-0.3, -0.25) is 4.99 Å². The summed E-state index contributed by atoms with van der Waals surface area (Å²) in [5.74, 6) is 0.934. The molecule has 2 rings (SSSR count). The van der Waals surface area contributed by atoms with Gasteiger partial charge in [0.05, 0.1) is 13.1 Å². The highest BCUT2D eigenvalue weighted by atomic mass is 32.1. The molecule has 1 aliphatic rings. The lowest BCUT2D eigenvalue weighted by Crippen LogP contribution is -2.36. The molecule has 1 atom stereocenters. The molecule has 3 nitrogen and oxygen atoms in total. The van der Waals surface area contributed by atoms with E-state index in [2.05, 4.69) is 41.6 Å². The average Bonchev–Trinajstić information content (AvgIpc) is 2.72. The number of nitrogens with one attached hydrogen (secondary N) is 2. The maximum atomic E-state index is 4.34. The van der Waals surface area contributed by atoms with Crippen LogP contribution in [0.2, 0.25) is 0 Å². The number of hydrogen-bond acceptors (Lipinski definition) is 4. The van der Waals surface area contributed by atoms with Crippen LogP contribution in [0.15, 0.2) is 17.1 Å². The molecule has 0 amide bonds. The minimum absolute atomic E-state index is 0.475. The Bertz CT molecular complexity index is 343. The molecule has 1 unspecified atom stereocenters.